The monoisotopic (exact) mass is 456 g/mol. The summed E-state index contributed by atoms with van der Waals surface area (Å²) in [5.74, 6) is 0.887. The maximum absolute atomic E-state index is 10.5. The number of benzene rings is 2. The zero-order valence-corrected chi connectivity index (χ0v) is 16.5. The Bertz CT molecular complexity index is 903. The molecule has 0 spiro atoms. The normalized spacial score (nSPS) is 11.5. The van der Waals surface area contributed by atoms with Crippen LogP contribution in [0.25, 0.3) is 22.1 Å². The molecule has 1 aromatic heterocycles. The number of para-hydroxylation sites is 1. The Labute approximate surface area is 154 Å². The summed E-state index contributed by atoms with van der Waals surface area (Å²) in [7, 11) is 1.67. The van der Waals surface area contributed by atoms with Gasteiger partial charge in [-0.3, -0.25) is 0 Å². The first-order chi connectivity index (χ1) is 11.0. The van der Waals surface area contributed by atoms with E-state index >= 15 is 0 Å². The van der Waals surface area contributed by atoms with Gasteiger partial charge < -0.3 is 9.84 Å². The molecule has 0 aliphatic carbocycles. The van der Waals surface area contributed by atoms with Gasteiger partial charge in [0, 0.05) is 17.8 Å². The van der Waals surface area contributed by atoms with E-state index in [1.165, 1.54) is 0 Å². The number of aromatic hydroxyl groups is 1. The van der Waals surface area contributed by atoms with Crippen molar-refractivity contribution >= 4 is 65.7 Å². The number of phenolic OH excluding ortho intramolecular Hbond substituents is 1. The van der Waals surface area contributed by atoms with Gasteiger partial charge in [-0.1, -0.05) is 12.1 Å². The fourth-order valence-electron chi connectivity index (χ4n) is 2.30. The maximum atomic E-state index is 10.5. The van der Waals surface area contributed by atoms with E-state index in [1.807, 2.05) is 25.1 Å². The van der Waals surface area contributed by atoms with Gasteiger partial charge in [-0.25, -0.2) is 9.97 Å². The number of aryl methyl sites for hydroxylation is 1. The van der Waals surface area contributed by atoms with Crippen molar-refractivity contribution in [3.63, 3.8) is 0 Å². The molecule has 23 heavy (non-hydrogen) atoms. The lowest BCUT2D eigenvalue weighted by Crippen LogP contribution is -1.96. The predicted molar refractivity (Wildman–Crippen MR) is 101 cm³/mol. The van der Waals surface area contributed by atoms with Crippen LogP contribution in [0.4, 0.5) is 0 Å². The van der Waals surface area contributed by atoms with E-state index in [0.717, 1.165) is 31.7 Å². The Morgan fingerprint density at radius 3 is 2.65 bits per heavy atom. The van der Waals surface area contributed by atoms with E-state index in [4.69, 9.17) is 9.72 Å². The van der Waals surface area contributed by atoms with Gasteiger partial charge in [-0.15, -0.1) is 11.8 Å². The minimum atomic E-state index is 0.110. The zero-order chi connectivity index (χ0) is 16.6. The molecule has 0 saturated heterocycles. The first-order valence-electron chi connectivity index (χ1n) is 6.93. The Hall–Kier alpha value is -0.890. The van der Waals surface area contributed by atoms with Crippen LogP contribution >= 0.6 is 43.6 Å². The summed E-state index contributed by atoms with van der Waals surface area (Å²) in [5, 5.41) is 10.5. The second kappa shape index (κ2) is 6.93. The summed E-state index contributed by atoms with van der Waals surface area (Å²) in [6.45, 7) is 2.63. The third-order valence-electron chi connectivity index (χ3n) is 3.47. The van der Waals surface area contributed by atoms with E-state index in [0.29, 0.717) is 22.1 Å². The van der Waals surface area contributed by atoms with Crippen molar-refractivity contribution in [3.8, 4) is 5.75 Å². The van der Waals surface area contributed by atoms with Gasteiger partial charge in [0.2, 0.25) is 0 Å². The van der Waals surface area contributed by atoms with Crippen molar-refractivity contribution in [1.82, 2.24) is 9.97 Å². The average molecular weight is 458 g/mol. The number of ether oxygens (including phenoxy) is 1. The van der Waals surface area contributed by atoms with Crippen molar-refractivity contribution in [2.24, 2.45) is 0 Å². The van der Waals surface area contributed by atoms with Crippen molar-refractivity contribution in [3.05, 3.63) is 32.7 Å². The smallest absolute Gasteiger partial charge is 0.158 e. The van der Waals surface area contributed by atoms with Crippen LogP contribution in [0.15, 0.2) is 32.0 Å². The number of methoxy groups -OCH3 is 1. The van der Waals surface area contributed by atoms with Crippen LogP contribution in [0.2, 0.25) is 0 Å². The van der Waals surface area contributed by atoms with E-state index in [1.54, 1.807) is 18.9 Å². The van der Waals surface area contributed by atoms with Gasteiger partial charge in [0.25, 0.3) is 0 Å². The van der Waals surface area contributed by atoms with Gasteiger partial charge in [0.15, 0.2) is 5.75 Å². The molecule has 7 heteroatoms. The van der Waals surface area contributed by atoms with Crippen molar-refractivity contribution < 1.29 is 9.84 Å². The predicted octanol–water partition coefficient (Wildman–Crippen LogP) is 5.06. The fraction of sp³-hybridized carbons (Fsp3) is 0.250. The molecule has 4 nitrogen and oxygen atoms in total. The van der Waals surface area contributed by atoms with Gasteiger partial charge in [0.1, 0.15) is 11.0 Å². The van der Waals surface area contributed by atoms with Crippen LogP contribution in [0.1, 0.15) is 5.56 Å². The highest BCUT2D eigenvalue weighted by atomic mass is 79.9. The molecule has 0 atom stereocenters. The molecule has 0 amide bonds. The van der Waals surface area contributed by atoms with Gasteiger partial charge in [0.05, 0.1) is 26.6 Å². The molecule has 0 unspecified atom stereocenters. The van der Waals surface area contributed by atoms with Crippen LogP contribution in [-0.2, 0) is 4.74 Å². The fourth-order valence-corrected chi connectivity index (χ4v) is 5.02. The van der Waals surface area contributed by atoms with Gasteiger partial charge >= 0.3 is 0 Å². The Morgan fingerprint density at radius 2 is 1.91 bits per heavy atom. The Balaban J connectivity index is 2.28. The molecule has 0 bridgehead atoms. The molecule has 0 radical (unpaired) electrons. The second-order valence-electron chi connectivity index (χ2n) is 5.01. The zero-order valence-electron chi connectivity index (χ0n) is 12.6. The second-order valence-corrected chi connectivity index (χ2v) is 7.70. The molecule has 0 fully saturated rings. The average Bonchev–Trinajstić information content (AvgIpc) is 2.55. The minimum Gasteiger partial charge on any atom is -0.504 e. The molecule has 3 aromatic rings. The van der Waals surface area contributed by atoms with Crippen LogP contribution in [0.3, 0.4) is 0 Å². The third kappa shape index (κ3) is 3.07. The van der Waals surface area contributed by atoms with E-state index < -0.39 is 0 Å². The molecule has 2 aromatic carbocycles. The number of rotatable bonds is 4. The molecular formula is C16H14Br2N2O2S. The summed E-state index contributed by atoms with van der Waals surface area (Å²) >= 11 is 8.69. The SMILES string of the molecule is COCCSc1c(Br)c(O)c2nc3cccc(C)c3nc2c1Br. The van der Waals surface area contributed by atoms with E-state index in [-0.39, 0.29) is 5.75 Å². The lowest BCUT2D eigenvalue weighted by atomic mass is 10.2. The van der Waals surface area contributed by atoms with Gasteiger partial charge in [-0.05, 0) is 50.4 Å². The topological polar surface area (TPSA) is 55.2 Å². The van der Waals surface area contributed by atoms with Crippen LogP contribution in [0.5, 0.6) is 5.75 Å². The van der Waals surface area contributed by atoms with Crippen LogP contribution in [0, 0.1) is 6.92 Å². The number of thioether (sulfide) groups is 1. The summed E-state index contributed by atoms with van der Waals surface area (Å²) in [6.07, 6.45) is 0. The first kappa shape index (κ1) is 17.0. The Morgan fingerprint density at radius 1 is 1.13 bits per heavy atom. The summed E-state index contributed by atoms with van der Waals surface area (Å²) in [4.78, 5) is 10.2. The molecule has 1 heterocycles. The van der Waals surface area contributed by atoms with Crippen molar-refractivity contribution in [2.45, 2.75) is 11.8 Å². The molecule has 0 aliphatic rings. The summed E-state index contributed by atoms with van der Waals surface area (Å²) in [6, 6.07) is 5.84. The summed E-state index contributed by atoms with van der Waals surface area (Å²) in [5.41, 5.74) is 3.81. The number of aromatic nitrogens is 2. The van der Waals surface area contributed by atoms with Crippen LogP contribution in [-0.4, -0.2) is 34.5 Å². The van der Waals surface area contributed by atoms with E-state index in [2.05, 4.69) is 36.8 Å². The molecule has 0 saturated carbocycles. The molecular weight excluding hydrogens is 444 g/mol. The maximum Gasteiger partial charge on any atom is 0.158 e. The molecule has 120 valence electrons. The standard InChI is InChI=1S/C16H14Br2N2O2S/c1-8-4-3-5-9-12(8)20-13-10(17)16(23-7-6-22-2)11(18)15(21)14(13)19-9/h3-5,21H,6-7H2,1-2H3. The summed E-state index contributed by atoms with van der Waals surface area (Å²) < 4.78 is 6.55. The Kier molecular flexibility index (Phi) is 5.10. The number of halogens is 2. The highest BCUT2D eigenvalue weighted by Crippen LogP contribution is 2.45. The minimum absolute atomic E-state index is 0.110. The quantitative estimate of drug-likeness (QED) is 0.337. The first-order valence-corrected chi connectivity index (χ1v) is 9.50. The number of hydrogen-bond donors (Lipinski definition) is 1. The largest absolute Gasteiger partial charge is 0.504 e. The molecule has 3 rings (SSSR count). The van der Waals surface area contributed by atoms with Crippen molar-refractivity contribution in [2.75, 3.05) is 19.5 Å². The highest BCUT2D eigenvalue weighted by Gasteiger charge is 2.19. The lowest BCUT2D eigenvalue weighted by molar-refractivity contribution is 0.218. The third-order valence-corrected chi connectivity index (χ3v) is 6.61. The highest BCUT2D eigenvalue weighted by molar-refractivity contribution is 9.11. The van der Waals surface area contributed by atoms with E-state index in [9.17, 15) is 5.11 Å². The number of phenols is 1. The number of hydrogen-bond acceptors (Lipinski definition) is 5. The molecule has 1 N–H and O–H groups in total. The number of nitrogens with zero attached hydrogens (tertiary/aromatic N) is 2. The van der Waals surface area contributed by atoms with Crippen molar-refractivity contribution in [1.29, 1.82) is 0 Å². The lowest BCUT2D eigenvalue weighted by Gasteiger charge is -2.13. The van der Waals surface area contributed by atoms with Crippen LogP contribution < -0.4 is 0 Å². The van der Waals surface area contributed by atoms with Gasteiger partial charge in [-0.2, -0.15) is 0 Å². The number of fused-ring (bicyclic) bond motifs is 2. The molecule has 0 aliphatic heterocycles.